The summed E-state index contributed by atoms with van der Waals surface area (Å²) in [6.45, 7) is 5.31. The van der Waals surface area contributed by atoms with Crippen molar-refractivity contribution >= 4 is 44.3 Å². The average molecular weight is 454 g/mol. The molecule has 0 saturated carbocycles. The zero-order chi connectivity index (χ0) is 15.1. The van der Waals surface area contributed by atoms with E-state index in [4.69, 9.17) is 4.74 Å². The van der Waals surface area contributed by atoms with Gasteiger partial charge in [-0.3, -0.25) is 4.68 Å². The van der Waals surface area contributed by atoms with Crippen molar-refractivity contribution in [1.29, 1.82) is 0 Å². The molecule has 0 saturated heterocycles. The fourth-order valence-electron chi connectivity index (χ4n) is 2.07. The van der Waals surface area contributed by atoms with Crippen molar-refractivity contribution in [3.05, 3.63) is 45.1 Å². The lowest BCUT2D eigenvalue weighted by Crippen LogP contribution is -2.17. The molecule has 0 fully saturated rings. The highest BCUT2D eigenvalue weighted by Crippen LogP contribution is 2.32. The van der Waals surface area contributed by atoms with E-state index in [2.05, 4.69) is 48.3 Å². The van der Waals surface area contributed by atoms with Gasteiger partial charge in [0.1, 0.15) is 5.75 Å². The van der Waals surface area contributed by atoms with E-state index >= 15 is 0 Å². The second-order valence-corrected chi connectivity index (χ2v) is 6.38. The third-order valence-electron chi connectivity index (χ3n) is 2.99. The maximum atomic E-state index is 5.72. The van der Waals surface area contributed by atoms with Crippen LogP contribution in [0.15, 0.2) is 39.5 Å². The van der Waals surface area contributed by atoms with Crippen LogP contribution in [0.1, 0.15) is 18.9 Å². The Bertz CT molecular complexity index is 564. The molecule has 2 aromatic rings. The molecule has 0 aliphatic carbocycles. The summed E-state index contributed by atoms with van der Waals surface area (Å²) in [6.07, 6.45) is 4.83. The Labute approximate surface area is 154 Å². The van der Waals surface area contributed by atoms with Crippen molar-refractivity contribution in [2.45, 2.75) is 26.4 Å². The number of hydrogen-bond donors (Lipinski definition) is 1. The molecule has 1 heterocycles. The van der Waals surface area contributed by atoms with Gasteiger partial charge in [-0.25, -0.2) is 0 Å². The van der Waals surface area contributed by atoms with Crippen LogP contribution in [0.4, 0.5) is 0 Å². The first-order valence-electron chi connectivity index (χ1n) is 6.99. The molecule has 1 aromatic heterocycles. The minimum Gasteiger partial charge on any atom is -0.492 e. The zero-order valence-corrected chi connectivity index (χ0v) is 16.4. The molecule has 0 spiro atoms. The maximum absolute atomic E-state index is 5.72. The van der Waals surface area contributed by atoms with Gasteiger partial charge in [0, 0.05) is 35.5 Å². The number of aryl methyl sites for hydroxylation is 1. The molecule has 1 aromatic carbocycles. The van der Waals surface area contributed by atoms with Crippen molar-refractivity contribution in [1.82, 2.24) is 15.1 Å². The number of hydrogen-bond acceptors (Lipinski definition) is 3. The fraction of sp³-hybridized carbons (Fsp3) is 0.400. The Hall–Kier alpha value is -0.560. The Kier molecular flexibility index (Phi) is 9.09. The van der Waals surface area contributed by atoms with Crippen molar-refractivity contribution < 1.29 is 4.74 Å². The van der Waals surface area contributed by atoms with Gasteiger partial charge < -0.3 is 10.1 Å². The van der Waals surface area contributed by atoms with Crippen LogP contribution in [0, 0.1) is 0 Å². The number of rotatable bonds is 8. The molecule has 0 bridgehead atoms. The maximum Gasteiger partial charge on any atom is 0.138 e. The van der Waals surface area contributed by atoms with Crippen LogP contribution in [-0.4, -0.2) is 22.9 Å². The van der Waals surface area contributed by atoms with Gasteiger partial charge in [-0.1, -0.05) is 15.9 Å². The molecule has 122 valence electrons. The minimum atomic E-state index is 0. The molecule has 22 heavy (non-hydrogen) atoms. The highest BCUT2D eigenvalue weighted by atomic mass is 79.9. The smallest absolute Gasteiger partial charge is 0.138 e. The SMILES string of the molecule is CCOc1c(Br)cc(Br)cc1CNCCCn1cccn1.Cl. The quantitative estimate of drug-likeness (QED) is 0.602. The molecule has 1 N–H and O–H groups in total. The number of nitrogens with zero attached hydrogens (tertiary/aromatic N) is 2. The summed E-state index contributed by atoms with van der Waals surface area (Å²) in [7, 11) is 0. The van der Waals surface area contributed by atoms with E-state index in [1.165, 1.54) is 0 Å². The van der Waals surface area contributed by atoms with Crippen LogP contribution >= 0.6 is 44.3 Å². The van der Waals surface area contributed by atoms with Crippen LogP contribution in [0.5, 0.6) is 5.75 Å². The standard InChI is InChI=1S/C15H19Br2N3O.ClH/c1-2-21-15-12(9-13(16)10-14(15)17)11-18-5-3-7-20-8-4-6-19-20;/h4,6,8-10,18H,2-3,5,7,11H2,1H3;1H. The predicted molar refractivity (Wildman–Crippen MR) is 98.8 cm³/mol. The average Bonchev–Trinajstić information content (AvgIpc) is 2.95. The fourth-order valence-corrected chi connectivity index (χ4v) is 3.50. The summed E-state index contributed by atoms with van der Waals surface area (Å²) in [5.74, 6) is 0.917. The Morgan fingerprint density at radius 3 is 2.82 bits per heavy atom. The molecule has 0 aliphatic rings. The van der Waals surface area contributed by atoms with Crippen molar-refractivity contribution in [2.24, 2.45) is 0 Å². The Morgan fingerprint density at radius 1 is 1.32 bits per heavy atom. The summed E-state index contributed by atoms with van der Waals surface area (Å²) < 4.78 is 9.69. The first-order chi connectivity index (χ1) is 10.2. The van der Waals surface area contributed by atoms with Gasteiger partial charge in [0.2, 0.25) is 0 Å². The summed E-state index contributed by atoms with van der Waals surface area (Å²) in [5, 5.41) is 7.64. The first-order valence-corrected chi connectivity index (χ1v) is 8.58. The second-order valence-electron chi connectivity index (χ2n) is 4.61. The van der Waals surface area contributed by atoms with Crippen molar-refractivity contribution in [3.63, 3.8) is 0 Å². The first kappa shape index (κ1) is 19.5. The highest BCUT2D eigenvalue weighted by Gasteiger charge is 2.09. The van der Waals surface area contributed by atoms with Crippen LogP contribution in [0.25, 0.3) is 0 Å². The number of nitrogens with one attached hydrogen (secondary N) is 1. The van der Waals surface area contributed by atoms with Gasteiger partial charge in [0.05, 0.1) is 11.1 Å². The lowest BCUT2D eigenvalue weighted by atomic mass is 10.2. The van der Waals surface area contributed by atoms with E-state index in [0.29, 0.717) is 6.61 Å². The molecular weight excluding hydrogens is 433 g/mol. The number of benzene rings is 1. The molecule has 0 amide bonds. The van der Waals surface area contributed by atoms with E-state index in [-0.39, 0.29) is 12.4 Å². The minimum absolute atomic E-state index is 0. The van der Waals surface area contributed by atoms with Crippen LogP contribution in [-0.2, 0) is 13.1 Å². The van der Waals surface area contributed by atoms with Gasteiger partial charge in [-0.15, -0.1) is 12.4 Å². The number of halogens is 3. The summed E-state index contributed by atoms with van der Waals surface area (Å²) >= 11 is 7.08. The molecular formula is C15H20Br2ClN3O. The van der Waals surface area contributed by atoms with E-state index in [0.717, 1.165) is 46.3 Å². The highest BCUT2D eigenvalue weighted by molar-refractivity contribution is 9.11. The zero-order valence-electron chi connectivity index (χ0n) is 12.4. The van der Waals surface area contributed by atoms with E-state index in [1.807, 2.05) is 29.9 Å². The van der Waals surface area contributed by atoms with Gasteiger partial charge in [-0.2, -0.15) is 5.10 Å². The van der Waals surface area contributed by atoms with Gasteiger partial charge >= 0.3 is 0 Å². The number of ether oxygens (including phenoxy) is 1. The van der Waals surface area contributed by atoms with Crippen LogP contribution < -0.4 is 10.1 Å². The van der Waals surface area contributed by atoms with Crippen molar-refractivity contribution in [3.8, 4) is 5.75 Å². The Balaban J connectivity index is 0.00000242. The second kappa shape index (κ2) is 10.3. The molecule has 0 radical (unpaired) electrons. The molecule has 2 rings (SSSR count). The van der Waals surface area contributed by atoms with Crippen molar-refractivity contribution in [2.75, 3.05) is 13.2 Å². The molecule has 0 unspecified atom stereocenters. The van der Waals surface area contributed by atoms with E-state index in [9.17, 15) is 0 Å². The van der Waals surface area contributed by atoms with Gasteiger partial charge in [0.25, 0.3) is 0 Å². The normalized spacial score (nSPS) is 10.3. The lowest BCUT2D eigenvalue weighted by molar-refractivity contribution is 0.333. The summed E-state index contributed by atoms with van der Waals surface area (Å²) in [4.78, 5) is 0. The molecule has 0 atom stereocenters. The van der Waals surface area contributed by atoms with Gasteiger partial charge in [-0.05, 0) is 54.0 Å². The molecule has 7 heteroatoms. The molecule has 4 nitrogen and oxygen atoms in total. The van der Waals surface area contributed by atoms with Crippen LogP contribution in [0.2, 0.25) is 0 Å². The number of aromatic nitrogens is 2. The summed E-state index contributed by atoms with van der Waals surface area (Å²) in [6, 6.07) is 6.04. The monoisotopic (exact) mass is 451 g/mol. The van der Waals surface area contributed by atoms with E-state index < -0.39 is 0 Å². The third kappa shape index (κ3) is 5.91. The Morgan fingerprint density at radius 2 is 2.14 bits per heavy atom. The lowest BCUT2D eigenvalue weighted by Gasteiger charge is -2.13. The molecule has 0 aliphatic heterocycles. The van der Waals surface area contributed by atoms with E-state index in [1.54, 1.807) is 6.20 Å². The largest absolute Gasteiger partial charge is 0.492 e. The van der Waals surface area contributed by atoms with Gasteiger partial charge in [0.15, 0.2) is 0 Å². The third-order valence-corrected chi connectivity index (χ3v) is 4.04. The van der Waals surface area contributed by atoms with Crippen LogP contribution in [0.3, 0.4) is 0 Å². The topological polar surface area (TPSA) is 39.1 Å². The summed E-state index contributed by atoms with van der Waals surface area (Å²) in [5.41, 5.74) is 1.15. The predicted octanol–water partition coefficient (Wildman–Crippen LogP) is 4.41.